The quantitative estimate of drug-likeness (QED) is 0.841. The van der Waals surface area contributed by atoms with E-state index in [4.69, 9.17) is 0 Å². The zero-order valence-corrected chi connectivity index (χ0v) is 15.2. The van der Waals surface area contributed by atoms with Crippen molar-refractivity contribution in [1.82, 2.24) is 9.88 Å². The Bertz CT molecular complexity index is 748. The van der Waals surface area contributed by atoms with Crippen molar-refractivity contribution >= 4 is 23.8 Å². The monoisotopic (exact) mass is 352 g/mol. The smallest absolute Gasteiger partial charge is 0.257 e. The van der Waals surface area contributed by atoms with Gasteiger partial charge in [-0.25, -0.2) is 4.98 Å². The van der Waals surface area contributed by atoms with E-state index >= 15 is 0 Å². The van der Waals surface area contributed by atoms with Crippen molar-refractivity contribution in [3.05, 3.63) is 53.7 Å². The van der Waals surface area contributed by atoms with Gasteiger partial charge in [-0.05, 0) is 35.7 Å². The summed E-state index contributed by atoms with van der Waals surface area (Å²) in [6, 6.07) is 11.5. The van der Waals surface area contributed by atoms with Crippen LogP contribution >= 0.6 is 0 Å². The Morgan fingerprint density at radius 1 is 1.08 bits per heavy atom. The number of carbonyl (C=O) groups is 2. The molecule has 0 aliphatic carbocycles. The van der Waals surface area contributed by atoms with E-state index in [1.165, 1.54) is 5.56 Å². The maximum Gasteiger partial charge on any atom is 0.257 e. The molecule has 1 aliphatic heterocycles. The van der Waals surface area contributed by atoms with Gasteiger partial charge in [0, 0.05) is 38.1 Å². The molecule has 6 heteroatoms. The van der Waals surface area contributed by atoms with E-state index in [0.717, 1.165) is 31.0 Å². The Labute approximate surface area is 153 Å². The lowest BCUT2D eigenvalue weighted by molar-refractivity contribution is -0.118. The molecule has 6 nitrogen and oxygen atoms in total. The molecule has 1 saturated heterocycles. The van der Waals surface area contributed by atoms with Crippen LogP contribution in [0.3, 0.4) is 0 Å². The molecule has 1 aromatic heterocycles. The third-order valence-corrected chi connectivity index (χ3v) is 4.63. The Morgan fingerprint density at radius 3 is 2.31 bits per heavy atom. The fourth-order valence-corrected chi connectivity index (χ4v) is 2.92. The van der Waals surface area contributed by atoms with Crippen LogP contribution in [0.2, 0.25) is 0 Å². The average molecular weight is 352 g/mol. The van der Waals surface area contributed by atoms with Gasteiger partial charge in [-0.2, -0.15) is 0 Å². The zero-order valence-electron chi connectivity index (χ0n) is 15.2. The van der Waals surface area contributed by atoms with Crippen molar-refractivity contribution < 1.29 is 9.59 Å². The first-order valence-corrected chi connectivity index (χ1v) is 8.88. The SMILES string of the molecule is CC(C)c1ccc(NC(=O)c2ccc(N3CCN(C=O)CC3)nc2)cc1. The van der Waals surface area contributed by atoms with Crippen LogP contribution in [0.5, 0.6) is 0 Å². The number of anilines is 2. The fourth-order valence-electron chi connectivity index (χ4n) is 2.92. The summed E-state index contributed by atoms with van der Waals surface area (Å²) in [5.74, 6) is 1.12. The number of amides is 2. The molecule has 26 heavy (non-hydrogen) atoms. The van der Waals surface area contributed by atoms with Gasteiger partial charge in [0.25, 0.3) is 5.91 Å². The molecule has 0 unspecified atom stereocenters. The van der Waals surface area contributed by atoms with Crippen molar-refractivity contribution in [3.63, 3.8) is 0 Å². The van der Waals surface area contributed by atoms with Crippen LogP contribution in [-0.2, 0) is 4.79 Å². The van der Waals surface area contributed by atoms with Crippen molar-refractivity contribution in [1.29, 1.82) is 0 Å². The lowest BCUT2D eigenvalue weighted by atomic mass is 10.0. The minimum absolute atomic E-state index is 0.174. The highest BCUT2D eigenvalue weighted by molar-refractivity contribution is 6.04. The first-order chi connectivity index (χ1) is 12.6. The summed E-state index contributed by atoms with van der Waals surface area (Å²) >= 11 is 0. The third-order valence-electron chi connectivity index (χ3n) is 4.63. The first-order valence-electron chi connectivity index (χ1n) is 8.88. The van der Waals surface area contributed by atoms with Crippen LogP contribution < -0.4 is 10.2 Å². The van der Waals surface area contributed by atoms with Crippen molar-refractivity contribution in [2.45, 2.75) is 19.8 Å². The Hall–Kier alpha value is -2.89. The van der Waals surface area contributed by atoms with Gasteiger partial charge in [0.1, 0.15) is 5.82 Å². The summed E-state index contributed by atoms with van der Waals surface area (Å²) in [5.41, 5.74) is 2.53. The Balaban J connectivity index is 1.61. The summed E-state index contributed by atoms with van der Waals surface area (Å²) < 4.78 is 0. The highest BCUT2D eigenvalue weighted by atomic mass is 16.1. The summed E-state index contributed by atoms with van der Waals surface area (Å²) in [6.45, 7) is 7.16. The summed E-state index contributed by atoms with van der Waals surface area (Å²) in [7, 11) is 0. The molecule has 0 saturated carbocycles. The summed E-state index contributed by atoms with van der Waals surface area (Å²) in [4.78, 5) is 31.4. The molecule has 3 rings (SSSR count). The van der Waals surface area contributed by atoms with Crippen LogP contribution in [0.25, 0.3) is 0 Å². The standard InChI is InChI=1S/C20H24N4O2/c1-15(2)16-3-6-18(7-4-16)22-20(26)17-5-8-19(21-13-17)24-11-9-23(14-25)10-12-24/h3-8,13-15H,9-12H2,1-2H3,(H,22,26). The van der Waals surface area contributed by atoms with Crippen molar-refractivity contribution in [2.24, 2.45) is 0 Å². The maximum absolute atomic E-state index is 12.4. The van der Waals surface area contributed by atoms with E-state index < -0.39 is 0 Å². The van der Waals surface area contributed by atoms with Crippen molar-refractivity contribution in [3.8, 4) is 0 Å². The van der Waals surface area contributed by atoms with E-state index in [1.54, 1.807) is 17.2 Å². The minimum atomic E-state index is -0.174. The topological polar surface area (TPSA) is 65.5 Å². The van der Waals surface area contributed by atoms with Crippen LogP contribution in [-0.4, -0.2) is 48.4 Å². The molecule has 1 aliphatic rings. The molecule has 1 N–H and O–H groups in total. The molecule has 1 aromatic carbocycles. The zero-order chi connectivity index (χ0) is 18.5. The second kappa shape index (κ2) is 7.99. The Kier molecular flexibility index (Phi) is 5.51. The molecule has 136 valence electrons. The van der Waals surface area contributed by atoms with E-state index in [9.17, 15) is 9.59 Å². The van der Waals surface area contributed by atoms with E-state index in [2.05, 4.69) is 29.0 Å². The minimum Gasteiger partial charge on any atom is -0.353 e. The predicted molar refractivity (Wildman–Crippen MR) is 103 cm³/mol. The number of hydrogen-bond acceptors (Lipinski definition) is 4. The van der Waals surface area contributed by atoms with Gasteiger partial charge >= 0.3 is 0 Å². The summed E-state index contributed by atoms with van der Waals surface area (Å²) in [5, 5.41) is 2.90. The number of carbonyl (C=O) groups excluding carboxylic acids is 2. The molecule has 2 heterocycles. The highest BCUT2D eigenvalue weighted by Crippen LogP contribution is 2.18. The average Bonchev–Trinajstić information content (AvgIpc) is 2.68. The normalized spacial score (nSPS) is 14.4. The molecule has 0 spiro atoms. The number of hydrogen-bond donors (Lipinski definition) is 1. The van der Waals surface area contributed by atoms with E-state index in [0.29, 0.717) is 24.6 Å². The second-order valence-electron chi connectivity index (χ2n) is 6.76. The van der Waals surface area contributed by atoms with Gasteiger partial charge in [-0.15, -0.1) is 0 Å². The van der Waals surface area contributed by atoms with Gasteiger partial charge in [-0.3, -0.25) is 9.59 Å². The number of nitrogens with zero attached hydrogens (tertiary/aromatic N) is 3. The first kappa shape index (κ1) is 17.9. The molecule has 2 amide bonds. The number of rotatable bonds is 5. The van der Waals surface area contributed by atoms with Gasteiger partial charge in [-0.1, -0.05) is 26.0 Å². The van der Waals surface area contributed by atoms with Gasteiger partial charge in [0.2, 0.25) is 6.41 Å². The van der Waals surface area contributed by atoms with Crippen LogP contribution in [0.1, 0.15) is 35.7 Å². The molecular formula is C20H24N4O2. The lowest BCUT2D eigenvalue weighted by Gasteiger charge is -2.33. The summed E-state index contributed by atoms with van der Waals surface area (Å²) in [6.07, 6.45) is 2.48. The van der Waals surface area contributed by atoms with Crippen molar-refractivity contribution in [2.75, 3.05) is 36.4 Å². The Morgan fingerprint density at radius 2 is 1.77 bits per heavy atom. The molecule has 2 aromatic rings. The number of aromatic nitrogens is 1. The molecular weight excluding hydrogens is 328 g/mol. The molecule has 0 atom stereocenters. The van der Waals surface area contributed by atoms with Gasteiger partial charge in [0.15, 0.2) is 0 Å². The van der Waals surface area contributed by atoms with Gasteiger partial charge < -0.3 is 15.1 Å². The maximum atomic E-state index is 12.4. The number of piperazine rings is 1. The molecule has 1 fully saturated rings. The molecule has 0 radical (unpaired) electrons. The lowest BCUT2D eigenvalue weighted by Crippen LogP contribution is -2.46. The van der Waals surface area contributed by atoms with Gasteiger partial charge in [0.05, 0.1) is 5.56 Å². The van der Waals surface area contributed by atoms with Crippen LogP contribution in [0, 0.1) is 0 Å². The largest absolute Gasteiger partial charge is 0.353 e. The van der Waals surface area contributed by atoms with Crippen LogP contribution in [0.15, 0.2) is 42.6 Å². The fraction of sp³-hybridized carbons (Fsp3) is 0.350. The van der Waals surface area contributed by atoms with E-state index in [-0.39, 0.29) is 5.91 Å². The highest BCUT2D eigenvalue weighted by Gasteiger charge is 2.17. The number of nitrogens with one attached hydrogen (secondary N) is 1. The molecule has 0 bridgehead atoms. The third kappa shape index (κ3) is 4.20. The predicted octanol–water partition coefficient (Wildman–Crippen LogP) is 2.74. The van der Waals surface area contributed by atoms with Crippen LogP contribution in [0.4, 0.5) is 11.5 Å². The second-order valence-corrected chi connectivity index (χ2v) is 6.76. The number of benzene rings is 1. The number of pyridine rings is 1. The van der Waals surface area contributed by atoms with E-state index in [1.807, 2.05) is 30.3 Å².